The van der Waals surface area contributed by atoms with Crippen LogP contribution in [-0.2, 0) is 0 Å². The number of furan rings is 1. The van der Waals surface area contributed by atoms with Crippen molar-refractivity contribution in [1.82, 2.24) is 9.66 Å². The van der Waals surface area contributed by atoms with Gasteiger partial charge >= 0.3 is 5.97 Å². The first-order valence-corrected chi connectivity index (χ1v) is 12.5. The van der Waals surface area contributed by atoms with Crippen molar-refractivity contribution in [2.45, 2.75) is 0 Å². The van der Waals surface area contributed by atoms with Gasteiger partial charge < -0.3 is 9.15 Å². The monoisotopic (exact) mass is 636 g/mol. The molecule has 0 fully saturated rings. The number of nitro groups is 1. The first kappa shape index (κ1) is 25.2. The van der Waals surface area contributed by atoms with Gasteiger partial charge in [0.1, 0.15) is 0 Å². The number of nitrogens with zero attached hydrogens (tertiary/aromatic N) is 4. The van der Waals surface area contributed by atoms with Crippen LogP contribution in [-0.4, -0.2) is 26.8 Å². The standard InChI is InChI=1S/C26H14Br2N4O6/c27-17-12-16(23(20(28)13-17)38-26(34)22-6-3-11-37-22)14-29-31-24(15-7-9-18(10-8-15)32(35)36)30-21-5-2-1-4-19(21)25(31)33/h1-14H. The number of carbonyl (C=O) groups is 1. The Bertz CT molecular complexity index is 1780. The highest BCUT2D eigenvalue weighted by molar-refractivity contribution is 9.11. The Morgan fingerprint density at radius 3 is 2.55 bits per heavy atom. The van der Waals surface area contributed by atoms with Crippen molar-refractivity contribution in [3.05, 3.63) is 120 Å². The van der Waals surface area contributed by atoms with Gasteiger partial charge in [-0.2, -0.15) is 9.78 Å². The van der Waals surface area contributed by atoms with E-state index in [0.29, 0.717) is 31.0 Å². The summed E-state index contributed by atoms with van der Waals surface area (Å²) < 4.78 is 12.9. The second kappa shape index (κ2) is 10.5. The molecule has 0 saturated heterocycles. The normalized spacial score (nSPS) is 11.2. The summed E-state index contributed by atoms with van der Waals surface area (Å²) >= 11 is 6.81. The average Bonchev–Trinajstić information content (AvgIpc) is 3.45. The van der Waals surface area contributed by atoms with E-state index >= 15 is 0 Å². The third-order valence-corrected chi connectivity index (χ3v) is 6.40. The molecule has 0 N–H and O–H groups in total. The number of carbonyl (C=O) groups excluding carboxylic acids is 1. The summed E-state index contributed by atoms with van der Waals surface area (Å²) in [6.45, 7) is 0. The minimum absolute atomic E-state index is 0.0121. The third kappa shape index (κ3) is 5.04. The Morgan fingerprint density at radius 2 is 1.84 bits per heavy atom. The molecule has 12 heteroatoms. The first-order chi connectivity index (χ1) is 18.3. The molecule has 0 amide bonds. The number of para-hydroxylation sites is 1. The van der Waals surface area contributed by atoms with E-state index in [1.807, 2.05) is 0 Å². The Morgan fingerprint density at radius 1 is 1.08 bits per heavy atom. The van der Waals surface area contributed by atoms with Crippen molar-refractivity contribution in [2.75, 3.05) is 0 Å². The molecule has 0 spiro atoms. The molecule has 0 aliphatic rings. The lowest BCUT2D eigenvalue weighted by Gasteiger charge is -2.11. The molecule has 0 aliphatic heterocycles. The van der Waals surface area contributed by atoms with Crippen LogP contribution in [0, 0.1) is 10.1 Å². The summed E-state index contributed by atoms with van der Waals surface area (Å²) in [7, 11) is 0. The maximum atomic E-state index is 13.5. The Kier molecular flexibility index (Phi) is 6.99. The zero-order chi connectivity index (χ0) is 26.8. The smallest absolute Gasteiger partial charge is 0.379 e. The second-order valence-electron chi connectivity index (χ2n) is 7.79. The average molecular weight is 638 g/mol. The van der Waals surface area contributed by atoms with Gasteiger partial charge in [0, 0.05) is 27.7 Å². The van der Waals surface area contributed by atoms with Crippen LogP contribution >= 0.6 is 31.9 Å². The lowest BCUT2D eigenvalue weighted by Crippen LogP contribution is -2.20. The Balaban J connectivity index is 1.64. The van der Waals surface area contributed by atoms with Crippen molar-refractivity contribution < 1.29 is 18.9 Å². The van der Waals surface area contributed by atoms with E-state index in [1.54, 1.807) is 42.5 Å². The summed E-state index contributed by atoms with van der Waals surface area (Å²) in [6.07, 6.45) is 2.71. The lowest BCUT2D eigenvalue weighted by molar-refractivity contribution is -0.384. The van der Waals surface area contributed by atoms with Gasteiger partial charge in [-0.3, -0.25) is 14.9 Å². The molecule has 2 aromatic heterocycles. The van der Waals surface area contributed by atoms with Crippen LogP contribution in [0.3, 0.4) is 0 Å². The summed E-state index contributed by atoms with van der Waals surface area (Å²) in [5, 5.41) is 15.8. The SMILES string of the molecule is O=C(Oc1c(Br)cc(Br)cc1C=Nn1c(-c2ccc([N+](=O)[O-])cc2)nc2ccccc2c1=O)c1ccco1. The summed E-state index contributed by atoms with van der Waals surface area (Å²) in [5.74, 6) is -0.387. The van der Waals surface area contributed by atoms with E-state index in [0.717, 1.165) is 4.68 Å². The molecule has 188 valence electrons. The molecule has 0 atom stereocenters. The Hall–Kier alpha value is -4.42. The number of aromatic nitrogens is 2. The van der Waals surface area contributed by atoms with Crippen molar-refractivity contribution in [2.24, 2.45) is 5.10 Å². The van der Waals surface area contributed by atoms with Crippen molar-refractivity contribution in [3.63, 3.8) is 0 Å². The minimum Gasteiger partial charge on any atom is -0.457 e. The van der Waals surface area contributed by atoms with E-state index in [9.17, 15) is 19.7 Å². The number of fused-ring (bicyclic) bond motifs is 1. The molecule has 3 aromatic carbocycles. The first-order valence-electron chi connectivity index (χ1n) is 10.9. The van der Waals surface area contributed by atoms with Gasteiger partial charge in [-0.1, -0.05) is 28.1 Å². The maximum Gasteiger partial charge on any atom is 0.379 e. The molecular formula is C26H14Br2N4O6. The van der Waals surface area contributed by atoms with Crippen LogP contribution in [0.2, 0.25) is 0 Å². The van der Waals surface area contributed by atoms with Gasteiger partial charge in [-0.25, -0.2) is 9.78 Å². The van der Waals surface area contributed by atoms with Crippen molar-refractivity contribution >= 4 is 60.6 Å². The van der Waals surface area contributed by atoms with Crippen molar-refractivity contribution in [3.8, 4) is 17.1 Å². The maximum absolute atomic E-state index is 13.5. The third-order valence-electron chi connectivity index (χ3n) is 5.36. The number of rotatable bonds is 6. The lowest BCUT2D eigenvalue weighted by atomic mass is 10.1. The van der Waals surface area contributed by atoms with E-state index in [1.165, 1.54) is 42.8 Å². The predicted octanol–water partition coefficient (Wildman–Crippen LogP) is 6.19. The molecular weight excluding hydrogens is 624 g/mol. The number of esters is 1. The molecule has 0 unspecified atom stereocenters. The molecule has 38 heavy (non-hydrogen) atoms. The van der Waals surface area contributed by atoms with Gasteiger partial charge in [0.05, 0.1) is 32.8 Å². The van der Waals surface area contributed by atoms with Crippen LogP contribution < -0.4 is 10.3 Å². The molecule has 2 heterocycles. The van der Waals surface area contributed by atoms with Gasteiger partial charge in [-0.15, -0.1) is 0 Å². The van der Waals surface area contributed by atoms with Crippen LogP contribution in [0.25, 0.3) is 22.3 Å². The van der Waals surface area contributed by atoms with Gasteiger partial charge in [0.25, 0.3) is 11.2 Å². The predicted molar refractivity (Wildman–Crippen MR) is 147 cm³/mol. The molecule has 0 saturated carbocycles. The summed E-state index contributed by atoms with van der Waals surface area (Å²) in [5.41, 5.74) is 0.685. The zero-order valence-electron chi connectivity index (χ0n) is 19.1. The van der Waals surface area contributed by atoms with Crippen LogP contribution in [0.1, 0.15) is 16.1 Å². The zero-order valence-corrected chi connectivity index (χ0v) is 22.2. The fourth-order valence-electron chi connectivity index (χ4n) is 3.59. The molecule has 5 aromatic rings. The number of nitro benzene ring substituents is 1. The molecule has 10 nitrogen and oxygen atoms in total. The van der Waals surface area contributed by atoms with Crippen LogP contribution in [0.15, 0.2) is 102 Å². The topological polar surface area (TPSA) is 130 Å². The number of ether oxygens (including phenoxy) is 1. The highest BCUT2D eigenvalue weighted by Crippen LogP contribution is 2.33. The number of halogens is 2. The summed E-state index contributed by atoms with van der Waals surface area (Å²) in [6, 6.07) is 18.8. The molecule has 5 rings (SSSR count). The summed E-state index contributed by atoms with van der Waals surface area (Å²) in [4.78, 5) is 41.2. The highest BCUT2D eigenvalue weighted by Gasteiger charge is 2.18. The number of hydrogen-bond donors (Lipinski definition) is 0. The molecule has 0 radical (unpaired) electrons. The Labute approximate surface area is 230 Å². The second-order valence-corrected chi connectivity index (χ2v) is 9.56. The van der Waals surface area contributed by atoms with E-state index < -0.39 is 16.5 Å². The largest absolute Gasteiger partial charge is 0.457 e. The fraction of sp³-hybridized carbons (Fsp3) is 0. The van der Waals surface area contributed by atoms with Crippen LogP contribution in [0.4, 0.5) is 5.69 Å². The number of non-ortho nitro benzene ring substituents is 1. The van der Waals surface area contributed by atoms with E-state index in [2.05, 4.69) is 41.9 Å². The highest BCUT2D eigenvalue weighted by atomic mass is 79.9. The van der Waals surface area contributed by atoms with Gasteiger partial charge in [-0.05, 0) is 64.5 Å². The van der Waals surface area contributed by atoms with E-state index in [4.69, 9.17) is 9.15 Å². The van der Waals surface area contributed by atoms with Crippen LogP contribution in [0.5, 0.6) is 5.75 Å². The number of hydrogen-bond acceptors (Lipinski definition) is 8. The molecule has 0 bridgehead atoms. The van der Waals surface area contributed by atoms with Gasteiger partial charge in [0.2, 0.25) is 5.76 Å². The van der Waals surface area contributed by atoms with E-state index in [-0.39, 0.29) is 23.0 Å². The molecule has 0 aliphatic carbocycles. The number of benzene rings is 3. The van der Waals surface area contributed by atoms with Crippen molar-refractivity contribution in [1.29, 1.82) is 0 Å². The quantitative estimate of drug-likeness (QED) is 0.0713. The minimum atomic E-state index is -0.719. The van der Waals surface area contributed by atoms with Gasteiger partial charge in [0.15, 0.2) is 11.6 Å². The fourth-order valence-corrected chi connectivity index (χ4v) is 4.93.